The van der Waals surface area contributed by atoms with Gasteiger partial charge >= 0.3 is 0 Å². The Kier molecular flexibility index (Phi) is 4.84. The summed E-state index contributed by atoms with van der Waals surface area (Å²) in [6.07, 6.45) is 6.36. The monoisotopic (exact) mass is 223 g/mol. The molecule has 0 aliphatic carbocycles. The van der Waals surface area contributed by atoms with Gasteiger partial charge in [0.15, 0.2) is 0 Å². The van der Waals surface area contributed by atoms with Crippen molar-refractivity contribution in [3.05, 3.63) is 12.4 Å². The molecule has 0 spiro atoms. The first-order valence-electron chi connectivity index (χ1n) is 6.22. The lowest BCUT2D eigenvalue weighted by atomic mass is 9.95. The summed E-state index contributed by atoms with van der Waals surface area (Å²) in [7, 11) is 1.95. The number of anilines is 1. The fourth-order valence-electron chi connectivity index (χ4n) is 2.08. The molecule has 1 aromatic rings. The van der Waals surface area contributed by atoms with E-state index in [0.717, 1.165) is 17.5 Å². The summed E-state index contributed by atoms with van der Waals surface area (Å²) in [5, 5.41) is 7.76. The van der Waals surface area contributed by atoms with Crippen LogP contribution in [0.15, 0.2) is 12.4 Å². The molecule has 0 fully saturated rings. The van der Waals surface area contributed by atoms with Crippen molar-refractivity contribution in [2.24, 2.45) is 18.9 Å². The third kappa shape index (κ3) is 4.69. The van der Waals surface area contributed by atoms with E-state index < -0.39 is 0 Å². The molecule has 1 heterocycles. The molecule has 0 atom stereocenters. The Hall–Kier alpha value is -0.990. The molecule has 0 bridgehead atoms. The molecule has 0 saturated heterocycles. The Labute approximate surface area is 99.2 Å². The summed E-state index contributed by atoms with van der Waals surface area (Å²) in [6, 6.07) is 0.559. The third-order valence-electron chi connectivity index (χ3n) is 2.59. The molecule has 3 heteroatoms. The summed E-state index contributed by atoms with van der Waals surface area (Å²) < 4.78 is 1.84. The molecule has 0 aromatic carbocycles. The third-order valence-corrected chi connectivity index (χ3v) is 2.59. The van der Waals surface area contributed by atoms with Crippen molar-refractivity contribution in [3.8, 4) is 0 Å². The van der Waals surface area contributed by atoms with Crippen LogP contribution in [-0.4, -0.2) is 15.8 Å². The van der Waals surface area contributed by atoms with Crippen LogP contribution in [-0.2, 0) is 7.05 Å². The molecule has 0 aliphatic heterocycles. The van der Waals surface area contributed by atoms with Crippen LogP contribution in [0.2, 0.25) is 0 Å². The molecule has 1 N–H and O–H groups in total. The van der Waals surface area contributed by atoms with Crippen molar-refractivity contribution in [1.29, 1.82) is 0 Å². The van der Waals surface area contributed by atoms with E-state index in [-0.39, 0.29) is 0 Å². The highest BCUT2D eigenvalue weighted by Gasteiger charge is 2.13. The molecular formula is C13H25N3. The highest BCUT2D eigenvalue weighted by molar-refractivity contribution is 5.39. The molecule has 3 nitrogen and oxygen atoms in total. The molecular weight excluding hydrogens is 198 g/mol. The Balaban J connectivity index is 2.55. The van der Waals surface area contributed by atoms with Crippen LogP contribution in [0.3, 0.4) is 0 Å². The Morgan fingerprint density at radius 2 is 1.75 bits per heavy atom. The number of hydrogen-bond donors (Lipinski definition) is 1. The van der Waals surface area contributed by atoms with E-state index >= 15 is 0 Å². The second kappa shape index (κ2) is 5.92. The van der Waals surface area contributed by atoms with Gasteiger partial charge in [-0.15, -0.1) is 0 Å². The molecule has 1 rings (SSSR count). The summed E-state index contributed by atoms with van der Waals surface area (Å²) in [4.78, 5) is 0. The molecule has 0 amide bonds. The van der Waals surface area contributed by atoms with Gasteiger partial charge in [0.1, 0.15) is 0 Å². The van der Waals surface area contributed by atoms with Gasteiger partial charge in [0.25, 0.3) is 0 Å². The van der Waals surface area contributed by atoms with E-state index in [0.29, 0.717) is 6.04 Å². The summed E-state index contributed by atoms with van der Waals surface area (Å²) in [5.74, 6) is 1.46. The summed E-state index contributed by atoms with van der Waals surface area (Å²) in [6.45, 7) is 9.10. The SMILES string of the molecule is CC(C)CC(CC(C)C)Nc1cnn(C)c1. The van der Waals surface area contributed by atoms with E-state index in [2.05, 4.69) is 38.1 Å². The zero-order chi connectivity index (χ0) is 12.1. The van der Waals surface area contributed by atoms with Crippen LogP contribution in [0.5, 0.6) is 0 Å². The Morgan fingerprint density at radius 3 is 2.12 bits per heavy atom. The van der Waals surface area contributed by atoms with E-state index in [1.165, 1.54) is 12.8 Å². The van der Waals surface area contributed by atoms with E-state index in [1.54, 1.807) is 0 Å². The lowest BCUT2D eigenvalue weighted by molar-refractivity contribution is 0.442. The number of aromatic nitrogens is 2. The van der Waals surface area contributed by atoms with Crippen molar-refractivity contribution in [2.75, 3.05) is 5.32 Å². The zero-order valence-corrected chi connectivity index (χ0v) is 11.2. The topological polar surface area (TPSA) is 29.9 Å². The first-order valence-corrected chi connectivity index (χ1v) is 6.22. The molecule has 1 aromatic heterocycles. The maximum absolute atomic E-state index is 4.18. The summed E-state index contributed by atoms with van der Waals surface area (Å²) >= 11 is 0. The molecule has 0 saturated carbocycles. The van der Waals surface area contributed by atoms with Gasteiger partial charge in [-0.3, -0.25) is 4.68 Å². The van der Waals surface area contributed by atoms with Crippen LogP contribution in [0, 0.1) is 11.8 Å². The second-order valence-corrected chi connectivity index (χ2v) is 5.50. The maximum atomic E-state index is 4.18. The molecule has 16 heavy (non-hydrogen) atoms. The van der Waals surface area contributed by atoms with Crippen LogP contribution in [0.4, 0.5) is 5.69 Å². The maximum Gasteiger partial charge on any atom is 0.0728 e. The van der Waals surface area contributed by atoms with Crippen LogP contribution in [0.1, 0.15) is 40.5 Å². The normalized spacial score (nSPS) is 11.8. The molecule has 0 radical (unpaired) electrons. The fourth-order valence-corrected chi connectivity index (χ4v) is 2.08. The predicted octanol–water partition coefficient (Wildman–Crippen LogP) is 3.29. The van der Waals surface area contributed by atoms with Crippen molar-refractivity contribution >= 4 is 5.69 Å². The van der Waals surface area contributed by atoms with Gasteiger partial charge in [-0.25, -0.2) is 0 Å². The quantitative estimate of drug-likeness (QED) is 0.802. The minimum absolute atomic E-state index is 0.559. The lowest BCUT2D eigenvalue weighted by Gasteiger charge is -2.22. The van der Waals surface area contributed by atoms with Crippen molar-refractivity contribution in [2.45, 2.75) is 46.6 Å². The predicted molar refractivity (Wildman–Crippen MR) is 69.5 cm³/mol. The smallest absolute Gasteiger partial charge is 0.0728 e. The van der Waals surface area contributed by atoms with Gasteiger partial charge in [0.2, 0.25) is 0 Å². The minimum atomic E-state index is 0.559. The Morgan fingerprint density at radius 1 is 1.19 bits per heavy atom. The van der Waals surface area contributed by atoms with Crippen molar-refractivity contribution in [1.82, 2.24) is 9.78 Å². The largest absolute Gasteiger partial charge is 0.380 e. The van der Waals surface area contributed by atoms with Crippen LogP contribution < -0.4 is 5.32 Å². The molecule has 0 aliphatic rings. The average Bonchev–Trinajstić information content (AvgIpc) is 2.48. The number of hydrogen-bond acceptors (Lipinski definition) is 2. The van der Waals surface area contributed by atoms with Gasteiger partial charge in [-0.05, 0) is 24.7 Å². The number of aryl methyl sites for hydroxylation is 1. The van der Waals surface area contributed by atoms with Gasteiger partial charge in [0, 0.05) is 19.3 Å². The highest BCUT2D eigenvalue weighted by atomic mass is 15.3. The van der Waals surface area contributed by atoms with Crippen molar-refractivity contribution in [3.63, 3.8) is 0 Å². The standard InChI is InChI=1S/C13H25N3/c1-10(2)6-12(7-11(3)4)15-13-8-14-16(5)9-13/h8-12,15H,6-7H2,1-5H3. The van der Waals surface area contributed by atoms with Crippen LogP contribution >= 0.6 is 0 Å². The van der Waals surface area contributed by atoms with Gasteiger partial charge < -0.3 is 5.32 Å². The van der Waals surface area contributed by atoms with Gasteiger partial charge in [-0.2, -0.15) is 5.10 Å². The molecule has 0 unspecified atom stereocenters. The number of nitrogens with one attached hydrogen (secondary N) is 1. The Bertz CT molecular complexity index is 292. The first-order chi connectivity index (χ1) is 7.47. The average molecular weight is 223 g/mol. The first kappa shape index (κ1) is 13.1. The number of nitrogens with zero attached hydrogens (tertiary/aromatic N) is 2. The van der Waals surface area contributed by atoms with Crippen molar-refractivity contribution < 1.29 is 0 Å². The van der Waals surface area contributed by atoms with E-state index in [9.17, 15) is 0 Å². The number of rotatable bonds is 6. The van der Waals surface area contributed by atoms with E-state index in [4.69, 9.17) is 0 Å². The van der Waals surface area contributed by atoms with Gasteiger partial charge in [-0.1, -0.05) is 27.7 Å². The van der Waals surface area contributed by atoms with E-state index in [1.807, 2.05) is 24.1 Å². The minimum Gasteiger partial charge on any atom is -0.380 e. The fraction of sp³-hybridized carbons (Fsp3) is 0.769. The van der Waals surface area contributed by atoms with Crippen LogP contribution in [0.25, 0.3) is 0 Å². The lowest BCUT2D eigenvalue weighted by Crippen LogP contribution is -2.23. The zero-order valence-electron chi connectivity index (χ0n) is 11.2. The second-order valence-electron chi connectivity index (χ2n) is 5.50. The summed E-state index contributed by atoms with van der Waals surface area (Å²) in [5.41, 5.74) is 1.13. The molecule has 92 valence electrons. The highest BCUT2D eigenvalue weighted by Crippen LogP contribution is 2.18. The van der Waals surface area contributed by atoms with Gasteiger partial charge in [0.05, 0.1) is 11.9 Å².